The molecule has 6 heteroatoms. The molecule has 1 unspecified atom stereocenters. The van der Waals surface area contributed by atoms with Crippen molar-refractivity contribution >= 4 is 46.3 Å². The molecule has 0 aliphatic carbocycles. The van der Waals surface area contributed by atoms with E-state index in [9.17, 15) is 14.7 Å². The second kappa shape index (κ2) is 8.15. The van der Waals surface area contributed by atoms with Crippen molar-refractivity contribution in [3.8, 4) is 0 Å². The summed E-state index contributed by atoms with van der Waals surface area (Å²) >= 11 is 6.44. The van der Waals surface area contributed by atoms with E-state index in [4.69, 9.17) is 12.2 Å². The molecule has 0 spiro atoms. The first-order valence-corrected chi connectivity index (χ1v) is 9.53. The lowest BCUT2D eigenvalue weighted by molar-refractivity contribution is -0.145. The highest BCUT2D eigenvalue weighted by atomic mass is 32.2. The Labute approximate surface area is 158 Å². The average Bonchev–Trinajstić information content (AvgIpc) is 2.79. The molecule has 25 heavy (non-hydrogen) atoms. The summed E-state index contributed by atoms with van der Waals surface area (Å²) in [6.07, 6.45) is 2.15. The second-order valence-electron chi connectivity index (χ2n) is 6.86. The van der Waals surface area contributed by atoms with Gasteiger partial charge in [0.2, 0.25) is 0 Å². The van der Waals surface area contributed by atoms with E-state index in [1.165, 1.54) is 22.2 Å². The first-order valence-electron chi connectivity index (χ1n) is 8.30. The summed E-state index contributed by atoms with van der Waals surface area (Å²) in [7, 11) is 0. The number of hydrogen-bond donors (Lipinski definition) is 1. The third-order valence-electron chi connectivity index (χ3n) is 4.02. The monoisotopic (exact) mass is 377 g/mol. The molecule has 1 aromatic carbocycles. The van der Waals surface area contributed by atoms with Crippen molar-refractivity contribution in [2.75, 3.05) is 0 Å². The topological polar surface area (TPSA) is 57.6 Å². The van der Waals surface area contributed by atoms with Crippen LogP contribution in [-0.2, 0) is 9.59 Å². The van der Waals surface area contributed by atoms with Crippen LogP contribution in [0.4, 0.5) is 0 Å². The predicted molar refractivity (Wildman–Crippen MR) is 106 cm³/mol. The van der Waals surface area contributed by atoms with E-state index in [0.717, 1.165) is 5.56 Å². The first-order chi connectivity index (χ1) is 11.7. The van der Waals surface area contributed by atoms with E-state index in [1.54, 1.807) is 6.08 Å². The molecule has 0 radical (unpaired) electrons. The van der Waals surface area contributed by atoms with Gasteiger partial charge >= 0.3 is 5.97 Å². The summed E-state index contributed by atoms with van der Waals surface area (Å²) in [5.74, 6) is -0.749. The highest BCUT2D eigenvalue weighted by Crippen LogP contribution is 2.35. The van der Waals surface area contributed by atoms with E-state index >= 15 is 0 Å². The van der Waals surface area contributed by atoms with Crippen LogP contribution in [0.25, 0.3) is 6.08 Å². The minimum Gasteiger partial charge on any atom is -0.480 e. The SMILES string of the molecule is CC(C)CC(C(=O)O)N1C(=O)/C(=C/c2ccc(C(C)C)cc2)SC1=S. The zero-order chi connectivity index (χ0) is 18.7. The van der Waals surface area contributed by atoms with Gasteiger partial charge in [-0.25, -0.2) is 4.79 Å². The Morgan fingerprint density at radius 3 is 2.32 bits per heavy atom. The van der Waals surface area contributed by atoms with Crippen LogP contribution in [0.15, 0.2) is 29.2 Å². The standard InChI is InChI=1S/C19H23NO3S2/c1-11(2)9-15(18(22)23)20-17(21)16(25-19(20)24)10-13-5-7-14(8-6-13)12(3)4/h5-8,10-12,15H,9H2,1-4H3,(H,22,23)/b16-10-. The largest absolute Gasteiger partial charge is 0.480 e. The Bertz CT molecular complexity index is 708. The number of thiocarbonyl (C=S) groups is 1. The second-order valence-corrected chi connectivity index (χ2v) is 8.53. The van der Waals surface area contributed by atoms with Crippen LogP contribution in [0.2, 0.25) is 0 Å². The number of amides is 1. The van der Waals surface area contributed by atoms with Crippen molar-refractivity contribution in [2.45, 2.75) is 46.1 Å². The normalized spacial score (nSPS) is 17.8. The van der Waals surface area contributed by atoms with E-state index < -0.39 is 12.0 Å². The Kier molecular flexibility index (Phi) is 6.41. The maximum atomic E-state index is 12.7. The average molecular weight is 378 g/mol. The Morgan fingerprint density at radius 1 is 1.24 bits per heavy atom. The van der Waals surface area contributed by atoms with Gasteiger partial charge in [-0.1, -0.05) is 75.9 Å². The molecular formula is C19H23NO3S2. The highest BCUT2D eigenvalue weighted by Gasteiger charge is 2.40. The van der Waals surface area contributed by atoms with E-state index in [-0.39, 0.29) is 11.8 Å². The van der Waals surface area contributed by atoms with Crippen molar-refractivity contribution in [2.24, 2.45) is 5.92 Å². The number of hydrogen-bond acceptors (Lipinski definition) is 4. The minimum absolute atomic E-state index is 0.151. The number of carbonyl (C=O) groups is 2. The van der Waals surface area contributed by atoms with E-state index in [2.05, 4.69) is 13.8 Å². The van der Waals surface area contributed by atoms with E-state index in [1.807, 2.05) is 38.1 Å². The summed E-state index contributed by atoms with van der Waals surface area (Å²) in [5.41, 5.74) is 2.13. The first kappa shape index (κ1) is 19.7. The van der Waals surface area contributed by atoms with Gasteiger partial charge in [0.1, 0.15) is 10.4 Å². The molecule has 1 heterocycles. The van der Waals surface area contributed by atoms with Crippen LogP contribution < -0.4 is 0 Å². The number of carboxylic acids is 1. The molecule has 134 valence electrons. The molecule has 0 saturated carbocycles. The Hall–Kier alpha value is -1.66. The number of carboxylic acid groups (broad SMARTS) is 1. The summed E-state index contributed by atoms with van der Waals surface area (Å²) in [4.78, 5) is 26.0. The molecule has 0 aromatic heterocycles. The van der Waals surface area contributed by atoms with Gasteiger partial charge in [-0.05, 0) is 35.5 Å². The molecule has 1 fully saturated rings. The fourth-order valence-corrected chi connectivity index (χ4v) is 4.00. The Morgan fingerprint density at radius 2 is 1.84 bits per heavy atom. The molecule has 4 nitrogen and oxygen atoms in total. The number of carbonyl (C=O) groups excluding carboxylic acids is 1. The lowest BCUT2D eigenvalue weighted by atomic mass is 10.0. The van der Waals surface area contributed by atoms with Crippen LogP contribution in [0.1, 0.15) is 51.2 Å². The van der Waals surface area contributed by atoms with Crippen molar-refractivity contribution in [3.05, 3.63) is 40.3 Å². The molecule has 1 atom stereocenters. The number of nitrogens with zero attached hydrogens (tertiary/aromatic N) is 1. The lowest BCUT2D eigenvalue weighted by Crippen LogP contribution is -2.44. The fraction of sp³-hybridized carbons (Fsp3) is 0.421. The number of aliphatic carboxylic acids is 1. The number of benzene rings is 1. The molecule has 1 aromatic rings. The van der Waals surface area contributed by atoms with Gasteiger partial charge in [-0.2, -0.15) is 0 Å². The third kappa shape index (κ3) is 4.70. The minimum atomic E-state index is -1.02. The van der Waals surface area contributed by atoms with Crippen molar-refractivity contribution in [3.63, 3.8) is 0 Å². The molecule has 0 bridgehead atoms. The van der Waals surface area contributed by atoms with Gasteiger partial charge < -0.3 is 5.11 Å². The maximum absolute atomic E-state index is 12.7. The van der Waals surface area contributed by atoms with Gasteiger partial charge in [-0.3, -0.25) is 9.69 Å². The highest BCUT2D eigenvalue weighted by molar-refractivity contribution is 8.26. The van der Waals surface area contributed by atoms with Crippen LogP contribution in [0.3, 0.4) is 0 Å². The van der Waals surface area contributed by atoms with Crippen molar-refractivity contribution < 1.29 is 14.7 Å². The molecule has 2 rings (SSSR count). The third-order valence-corrected chi connectivity index (χ3v) is 5.35. The van der Waals surface area contributed by atoms with Gasteiger partial charge in [-0.15, -0.1) is 0 Å². The number of rotatable bonds is 6. The van der Waals surface area contributed by atoms with Crippen LogP contribution in [0, 0.1) is 5.92 Å². The van der Waals surface area contributed by atoms with Gasteiger partial charge in [0, 0.05) is 0 Å². The Balaban J connectivity index is 2.26. The van der Waals surface area contributed by atoms with Crippen molar-refractivity contribution in [1.29, 1.82) is 0 Å². The van der Waals surface area contributed by atoms with Crippen molar-refractivity contribution in [1.82, 2.24) is 4.90 Å². The smallest absolute Gasteiger partial charge is 0.326 e. The van der Waals surface area contributed by atoms with Gasteiger partial charge in [0.15, 0.2) is 0 Å². The quantitative estimate of drug-likeness (QED) is 0.584. The zero-order valence-corrected chi connectivity index (χ0v) is 16.5. The molecular weight excluding hydrogens is 354 g/mol. The fourth-order valence-electron chi connectivity index (χ4n) is 2.64. The molecule has 1 aliphatic heterocycles. The molecule has 1 aliphatic rings. The predicted octanol–water partition coefficient (Wildman–Crippen LogP) is 4.51. The summed E-state index contributed by atoms with van der Waals surface area (Å²) in [5, 5.41) is 9.49. The zero-order valence-electron chi connectivity index (χ0n) is 14.9. The van der Waals surface area contributed by atoms with E-state index in [0.29, 0.717) is 21.6 Å². The lowest BCUT2D eigenvalue weighted by Gasteiger charge is -2.24. The summed E-state index contributed by atoms with van der Waals surface area (Å²) < 4.78 is 0.308. The summed E-state index contributed by atoms with van der Waals surface area (Å²) in [6, 6.07) is 7.09. The van der Waals surface area contributed by atoms with Crippen LogP contribution >= 0.6 is 24.0 Å². The van der Waals surface area contributed by atoms with Crippen LogP contribution in [0.5, 0.6) is 0 Å². The molecule has 1 saturated heterocycles. The van der Waals surface area contributed by atoms with Crippen LogP contribution in [-0.4, -0.2) is 32.2 Å². The molecule has 1 amide bonds. The summed E-state index contributed by atoms with van der Waals surface area (Å²) in [6.45, 7) is 8.11. The maximum Gasteiger partial charge on any atom is 0.326 e. The van der Waals surface area contributed by atoms with Gasteiger partial charge in [0.25, 0.3) is 5.91 Å². The van der Waals surface area contributed by atoms with Gasteiger partial charge in [0.05, 0.1) is 4.91 Å². The number of thioether (sulfide) groups is 1. The molecule has 1 N–H and O–H groups in total.